The van der Waals surface area contributed by atoms with Gasteiger partial charge in [-0.25, -0.2) is 0 Å². The third-order valence-electron chi connectivity index (χ3n) is 3.61. The normalized spacial score (nSPS) is 12.4. The van der Waals surface area contributed by atoms with Gasteiger partial charge in [-0.3, -0.25) is 0 Å². The Labute approximate surface area is 134 Å². The molecule has 120 valence electrons. The molecule has 0 aliphatic rings. The number of hydrogen-bond acceptors (Lipinski definition) is 3. The largest absolute Gasteiger partial charge is 0.380 e. The van der Waals surface area contributed by atoms with Crippen molar-refractivity contribution in [3.05, 3.63) is 28.8 Å². The average Bonchev–Trinajstić information content (AvgIpc) is 2.49. The van der Waals surface area contributed by atoms with Gasteiger partial charge in [0, 0.05) is 36.4 Å². The van der Waals surface area contributed by atoms with E-state index in [2.05, 4.69) is 49.2 Å². The molecule has 0 fully saturated rings. The molecule has 0 saturated heterocycles. The molecule has 4 heteroatoms. The Kier molecular flexibility index (Phi) is 8.74. The van der Waals surface area contributed by atoms with E-state index >= 15 is 0 Å². The Bertz CT molecular complexity index is 412. The third-order valence-corrected chi connectivity index (χ3v) is 3.93. The SMILES string of the molecule is CCCNC(C)c1ccc(N(CC)CCOCC)cc1Cl. The Morgan fingerprint density at radius 2 is 2.05 bits per heavy atom. The lowest BCUT2D eigenvalue weighted by Crippen LogP contribution is -2.27. The second-order valence-electron chi connectivity index (χ2n) is 5.16. The highest BCUT2D eigenvalue weighted by atomic mass is 35.5. The van der Waals surface area contributed by atoms with Gasteiger partial charge in [-0.05, 0) is 51.4 Å². The standard InChI is InChI=1S/C17H29ClN2O/c1-5-10-19-14(4)16-9-8-15(13-17(16)18)20(6-2)11-12-21-7-3/h8-9,13-14,19H,5-7,10-12H2,1-4H3. The number of rotatable bonds is 10. The van der Waals surface area contributed by atoms with Gasteiger partial charge in [0.15, 0.2) is 0 Å². The topological polar surface area (TPSA) is 24.5 Å². The van der Waals surface area contributed by atoms with Crippen LogP contribution in [0.25, 0.3) is 0 Å². The van der Waals surface area contributed by atoms with Crippen molar-refractivity contribution >= 4 is 17.3 Å². The molecule has 3 nitrogen and oxygen atoms in total. The smallest absolute Gasteiger partial charge is 0.0641 e. The van der Waals surface area contributed by atoms with Crippen molar-refractivity contribution in [3.63, 3.8) is 0 Å². The fourth-order valence-electron chi connectivity index (χ4n) is 2.32. The van der Waals surface area contributed by atoms with Gasteiger partial charge in [0.05, 0.1) is 6.61 Å². The van der Waals surface area contributed by atoms with Gasteiger partial charge in [-0.15, -0.1) is 0 Å². The van der Waals surface area contributed by atoms with Crippen LogP contribution in [0.4, 0.5) is 5.69 Å². The summed E-state index contributed by atoms with van der Waals surface area (Å²) in [6, 6.07) is 6.64. The molecule has 0 amide bonds. The minimum absolute atomic E-state index is 0.282. The lowest BCUT2D eigenvalue weighted by Gasteiger charge is -2.24. The van der Waals surface area contributed by atoms with E-state index in [0.717, 1.165) is 55.5 Å². The van der Waals surface area contributed by atoms with Gasteiger partial charge in [0.2, 0.25) is 0 Å². The quantitative estimate of drug-likeness (QED) is 0.653. The van der Waals surface area contributed by atoms with Crippen LogP contribution in [0.5, 0.6) is 0 Å². The van der Waals surface area contributed by atoms with Crippen LogP contribution in [-0.4, -0.2) is 32.8 Å². The van der Waals surface area contributed by atoms with Crippen LogP contribution < -0.4 is 10.2 Å². The first-order chi connectivity index (χ1) is 10.1. The summed E-state index contributed by atoms with van der Waals surface area (Å²) in [5, 5.41) is 4.31. The molecule has 0 spiro atoms. The number of halogens is 1. The Hall–Kier alpha value is -0.770. The molecule has 1 rings (SSSR count). The summed E-state index contributed by atoms with van der Waals surface area (Å²) in [6.45, 7) is 12.9. The van der Waals surface area contributed by atoms with E-state index < -0.39 is 0 Å². The summed E-state index contributed by atoms with van der Waals surface area (Å²) in [6.07, 6.45) is 1.13. The number of likely N-dealkylation sites (N-methyl/N-ethyl adjacent to an activating group) is 1. The van der Waals surface area contributed by atoms with E-state index in [1.165, 1.54) is 0 Å². The van der Waals surface area contributed by atoms with Crippen LogP contribution in [0.15, 0.2) is 18.2 Å². The van der Waals surface area contributed by atoms with Crippen LogP contribution >= 0.6 is 11.6 Å². The Morgan fingerprint density at radius 1 is 1.29 bits per heavy atom. The van der Waals surface area contributed by atoms with E-state index in [1.807, 2.05) is 6.92 Å². The van der Waals surface area contributed by atoms with Crippen molar-refractivity contribution in [1.82, 2.24) is 5.32 Å². The first-order valence-electron chi connectivity index (χ1n) is 7.99. The van der Waals surface area contributed by atoms with Crippen molar-refractivity contribution < 1.29 is 4.74 Å². The molecule has 0 bridgehead atoms. The van der Waals surface area contributed by atoms with Crippen molar-refractivity contribution in [1.29, 1.82) is 0 Å². The van der Waals surface area contributed by atoms with E-state index in [9.17, 15) is 0 Å². The molecule has 0 aromatic heterocycles. The molecule has 1 aromatic rings. The molecule has 1 N–H and O–H groups in total. The average molecular weight is 313 g/mol. The Morgan fingerprint density at radius 3 is 2.62 bits per heavy atom. The van der Waals surface area contributed by atoms with Crippen molar-refractivity contribution in [3.8, 4) is 0 Å². The maximum atomic E-state index is 6.47. The zero-order valence-electron chi connectivity index (χ0n) is 13.8. The number of ether oxygens (including phenoxy) is 1. The maximum Gasteiger partial charge on any atom is 0.0641 e. The van der Waals surface area contributed by atoms with E-state index in [0.29, 0.717) is 0 Å². The van der Waals surface area contributed by atoms with Gasteiger partial charge >= 0.3 is 0 Å². The molecule has 0 saturated carbocycles. The molecular weight excluding hydrogens is 284 g/mol. The number of nitrogens with one attached hydrogen (secondary N) is 1. The monoisotopic (exact) mass is 312 g/mol. The summed E-state index contributed by atoms with van der Waals surface area (Å²) >= 11 is 6.47. The predicted octanol–water partition coefficient (Wildman–Crippen LogP) is 4.26. The second-order valence-corrected chi connectivity index (χ2v) is 5.57. The van der Waals surface area contributed by atoms with E-state index in [1.54, 1.807) is 0 Å². The summed E-state index contributed by atoms with van der Waals surface area (Å²) in [5.41, 5.74) is 2.32. The molecule has 0 aliphatic heterocycles. The summed E-state index contributed by atoms with van der Waals surface area (Å²) in [4.78, 5) is 2.29. The molecule has 1 atom stereocenters. The zero-order chi connectivity index (χ0) is 15.7. The highest BCUT2D eigenvalue weighted by Crippen LogP contribution is 2.28. The van der Waals surface area contributed by atoms with Crippen LogP contribution in [-0.2, 0) is 4.74 Å². The molecule has 0 radical (unpaired) electrons. The van der Waals surface area contributed by atoms with Gasteiger partial charge in [0.25, 0.3) is 0 Å². The van der Waals surface area contributed by atoms with Crippen LogP contribution in [0.2, 0.25) is 5.02 Å². The zero-order valence-corrected chi connectivity index (χ0v) is 14.5. The lowest BCUT2D eigenvalue weighted by atomic mass is 10.1. The van der Waals surface area contributed by atoms with E-state index in [-0.39, 0.29) is 6.04 Å². The van der Waals surface area contributed by atoms with Crippen molar-refractivity contribution in [2.24, 2.45) is 0 Å². The first kappa shape index (κ1) is 18.3. The highest BCUT2D eigenvalue weighted by Gasteiger charge is 2.11. The first-order valence-corrected chi connectivity index (χ1v) is 8.37. The number of benzene rings is 1. The molecule has 1 unspecified atom stereocenters. The van der Waals surface area contributed by atoms with Gasteiger partial charge in [-0.1, -0.05) is 24.6 Å². The second kappa shape index (κ2) is 10.0. The number of nitrogens with zero attached hydrogens (tertiary/aromatic N) is 1. The molecule has 1 aromatic carbocycles. The predicted molar refractivity (Wildman–Crippen MR) is 92.5 cm³/mol. The minimum Gasteiger partial charge on any atom is -0.380 e. The minimum atomic E-state index is 0.282. The molecular formula is C17H29ClN2O. The maximum absolute atomic E-state index is 6.47. The van der Waals surface area contributed by atoms with Crippen molar-refractivity contribution in [2.75, 3.05) is 37.7 Å². The lowest BCUT2D eigenvalue weighted by molar-refractivity contribution is 0.154. The van der Waals surface area contributed by atoms with Gasteiger partial charge < -0.3 is 15.0 Å². The Balaban J connectivity index is 2.75. The van der Waals surface area contributed by atoms with Gasteiger partial charge in [-0.2, -0.15) is 0 Å². The van der Waals surface area contributed by atoms with Crippen LogP contribution in [0.1, 0.15) is 45.7 Å². The summed E-state index contributed by atoms with van der Waals surface area (Å²) in [7, 11) is 0. The van der Waals surface area contributed by atoms with E-state index in [4.69, 9.17) is 16.3 Å². The van der Waals surface area contributed by atoms with Crippen LogP contribution in [0.3, 0.4) is 0 Å². The number of anilines is 1. The van der Waals surface area contributed by atoms with Crippen molar-refractivity contribution in [2.45, 2.75) is 40.2 Å². The fraction of sp³-hybridized carbons (Fsp3) is 0.647. The molecule has 0 heterocycles. The summed E-state index contributed by atoms with van der Waals surface area (Å²) in [5.74, 6) is 0. The highest BCUT2D eigenvalue weighted by molar-refractivity contribution is 6.31. The molecule has 21 heavy (non-hydrogen) atoms. The number of hydrogen-bond donors (Lipinski definition) is 1. The fourth-order valence-corrected chi connectivity index (χ4v) is 2.66. The summed E-state index contributed by atoms with van der Waals surface area (Å²) < 4.78 is 5.44. The van der Waals surface area contributed by atoms with Gasteiger partial charge in [0.1, 0.15) is 0 Å². The third kappa shape index (κ3) is 5.85. The molecule has 0 aliphatic carbocycles. The van der Waals surface area contributed by atoms with Crippen LogP contribution in [0, 0.1) is 0 Å².